The molecular formula is C29H30N4OS. The van der Waals surface area contributed by atoms with Crippen LogP contribution in [0.1, 0.15) is 47.2 Å². The van der Waals surface area contributed by atoms with Crippen molar-refractivity contribution in [3.63, 3.8) is 0 Å². The zero-order valence-corrected chi connectivity index (χ0v) is 21.1. The summed E-state index contributed by atoms with van der Waals surface area (Å²) in [5.41, 5.74) is 6.99. The van der Waals surface area contributed by atoms with Crippen LogP contribution in [0.25, 0.3) is 0 Å². The number of thiocarbonyl (C=S) groups is 1. The van der Waals surface area contributed by atoms with Gasteiger partial charge in [-0.2, -0.15) is 0 Å². The maximum Gasteiger partial charge on any atom is 0.174 e. The van der Waals surface area contributed by atoms with Crippen molar-refractivity contribution in [2.75, 3.05) is 11.5 Å². The van der Waals surface area contributed by atoms with E-state index in [9.17, 15) is 0 Å². The molecule has 0 unspecified atom stereocenters. The number of aromatic nitrogens is 2. The van der Waals surface area contributed by atoms with Gasteiger partial charge in [0.05, 0.1) is 24.4 Å². The fourth-order valence-electron chi connectivity index (χ4n) is 4.96. The number of nitrogens with zero attached hydrogens (tertiary/aromatic N) is 3. The first-order valence-electron chi connectivity index (χ1n) is 12.0. The van der Waals surface area contributed by atoms with Crippen molar-refractivity contribution in [1.82, 2.24) is 14.9 Å². The van der Waals surface area contributed by atoms with Crippen LogP contribution in [0.3, 0.4) is 0 Å². The van der Waals surface area contributed by atoms with Gasteiger partial charge in [0.1, 0.15) is 5.75 Å². The molecule has 2 aromatic heterocycles. The van der Waals surface area contributed by atoms with Crippen molar-refractivity contribution in [2.24, 2.45) is 0 Å². The molecule has 2 aromatic carbocycles. The fourth-order valence-corrected chi connectivity index (χ4v) is 5.30. The Labute approximate surface area is 212 Å². The predicted molar refractivity (Wildman–Crippen MR) is 145 cm³/mol. The number of hydrogen-bond donors (Lipinski definition) is 1. The molecule has 6 heteroatoms. The second-order valence-corrected chi connectivity index (χ2v) is 9.21. The minimum absolute atomic E-state index is 0.0360. The van der Waals surface area contributed by atoms with E-state index < -0.39 is 0 Å². The van der Waals surface area contributed by atoms with Crippen LogP contribution in [-0.4, -0.2) is 21.3 Å². The molecule has 0 aliphatic carbocycles. The van der Waals surface area contributed by atoms with Gasteiger partial charge in [0.15, 0.2) is 5.11 Å². The number of benzene rings is 2. The number of hydrogen-bond acceptors (Lipinski definition) is 3. The van der Waals surface area contributed by atoms with Crippen LogP contribution in [0.4, 0.5) is 5.69 Å². The number of ether oxygens (including phenoxy) is 1. The van der Waals surface area contributed by atoms with Gasteiger partial charge in [0.25, 0.3) is 0 Å². The van der Waals surface area contributed by atoms with Gasteiger partial charge < -0.3 is 19.5 Å². The lowest BCUT2D eigenvalue weighted by atomic mass is 9.96. The van der Waals surface area contributed by atoms with Gasteiger partial charge in [0.2, 0.25) is 0 Å². The molecular weight excluding hydrogens is 452 g/mol. The molecule has 1 saturated heterocycles. The zero-order chi connectivity index (χ0) is 24.4. The monoisotopic (exact) mass is 482 g/mol. The summed E-state index contributed by atoms with van der Waals surface area (Å²) in [6.45, 7) is 7.85. The van der Waals surface area contributed by atoms with E-state index in [1.54, 1.807) is 0 Å². The van der Waals surface area contributed by atoms with E-state index in [2.05, 4.69) is 88.2 Å². The molecule has 1 aliphatic rings. The summed E-state index contributed by atoms with van der Waals surface area (Å²) in [6, 6.07) is 27.0. The highest BCUT2D eigenvalue weighted by Gasteiger charge is 2.42. The summed E-state index contributed by atoms with van der Waals surface area (Å²) in [6.07, 6.45) is 1.84. The van der Waals surface area contributed by atoms with Gasteiger partial charge in [-0.25, -0.2) is 0 Å². The SMILES string of the molecule is CCOc1ccc(N2C(=S)N[C@@H](c3ccccn3)[C@H]2c2cc(C)n(Cc3ccccc3)c2C)cc1. The smallest absolute Gasteiger partial charge is 0.174 e. The summed E-state index contributed by atoms with van der Waals surface area (Å²) < 4.78 is 8.05. The number of rotatable bonds is 7. The highest BCUT2D eigenvalue weighted by Crippen LogP contribution is 2.43. The van der Waals surface area contributed by atoms with E-state index in [4.69, 9.17) is 17.0 Å². The summed E-state index contributed by atoms with van der Waals surface area (Å²) >= 11 is 5.90. The van der Waals surface area contributed by atoms with Crippen LogP contribution >= 0.6 is 12.2 Å². The van der Waals surface area contributed by atoms with Crippen LogP contribution in [0.2, 0.25) is 0 Å². The largest absolute Gasteiger partial charge is 0.494 e. The Bertz CT molecular complexity index is 1300. The second kappa shape index (κ2) is 9.92. The highest BCUT2D eigenvalue weighted by atomic mass is 32.1. The number of anilines is 1. The van der Waals surface area contributed by atoms with Gasteiger partial charge in [-0.3, -0.25) is 4.98 Å². The number of pyridine rings is 1. The molecule has 0 saturated carbocycles. The average molecular weight is 483 g/mol. The number of nitrogens with one attached hydrogen (secondary N) is 1. The van der Waals surface area contributed by atoms with Crippen LogP contribution in [0.15, 0.2) is 85.1 Å². The molecule has 0 spiro atoms. The van der Waals surface area contributed by atoms with E-state index in [0.717, 1.165) is 23.7 Å². The molecule has 0 amide bonds. The molecule has 0 bridgehead atoms. The minimum atomic E-state index is -0.0686. The molecule has 35 heavy (non-hydrogen) atoms. The highest BCUT2D eigenvalue weighted by molar-refractivity contribution is 7.80. The molecule has 178 valence electrons. The first-order valence-corrected chi connectivity index (χ1v) is 12.4. The predicted octanol–water partition coefficient (Wildman–Crippen LogP) is 6.12. The third-order valence-electron chi connectivity index (χ3n) is 6.64. The lowest BCUT2D eigenvalue weighted by Crippen LogP contribution is -2.29. The van der Waals surface area contributed by atoms with E-state index in [1.165, 1.54) is 22.5 Å². The summed E-state index contributed by atoms with van der Waals surface area (Å²) in [5, 5.41) is 4.26. The Morgan fingerprint density at radius 3 is 2.40 bits per heavy atom. The molecule has 1 fully saturated rings. The third-order valence-corrected chi connectivity index (χ3v) is 6.95. The molecule has 3 heterocycles. The lowest BCUT2D eigenvalue weighted by molar-refractivity contribution is 0.340. The van der Waals surface area contributed by atoms with E-state index in [-0.39, 0.29) is 12.1 Å². The Hall–Kier alpha value is -3.64. The van der Waals surface area contributed by atoms with Gasteiger partial charge in [-0.05, 0) is 86.6 Å². The van der Waals surface area contributed by atoms with Crippen LogP contribution in [-0.2, 0) is 6.54 Å². The summed E-state index contributed by atoms with van der Waals surface area (Å²) in [5.74, 6) is 0.855. The van der Waals surface area contributed by atoms with E-state index in [1.807, 2.05) is 37.4 Å². The molecule has 0 radical (unpaired) electrons. The van der Waals surface area contributed by atoms with Crippen molar-refractivity contribution in [3.05, 3.63) is 113 Å². The van der Waals surface area contributed by atoms with Crippen molar-refractivity contribution in [3.8, 4) is 5.75 Å². The van der Waals surface area contributed by atoms with Gasteiger partial charge in [-0.1, -0.05) is 36.4 Å². The summed E-state index contributed by atoms with van der Waals surface area (Å²) in [7, 11) is 0. The van der Waals surface area contributed by atoms with Crippen LogP contribution < -0.4 is 15.0 Å². The first-order chi connectivity index (χ1) is 17.1. The Morgan fingerprint density at radius 2 is 1.71 bits per heavy atom. The van der Waals surface area contributed by atoms with Crippen molar-refractivity contribution >= 4 is 23.0 Å². The Morgan fingerprint density at radius 1 is 0.971 bits per heavy atom. The molecule has 4 aromatic rings. The average Bonchev–Trinajstić information content (AvgIpc) is 3.37. The topological polar surface area (TPSA) is 42.3 Å². The molecule has 1 aliphatic heterocycles. The maximum atomic E-state index is 5.90. The lowest BCUT2D eigenvalue weighted by Gasteiger charge is -2.28. The zero-order valence-electron chi connectivity index (χ0n) is 20.3. The molecule has 1 N–H and O–H groups in total. The van der Waals surface area contributed by atoms with Crippen LogP contribution in [0, 0.1) is 13.8 Å². The van der Waals surface area contributed by atoms with Gasteiger partial charge >= 0.3 is 0 Å². The third kappa shape index (κ3) is 4.54. The Kier molecular flexibility index (Phi) is 6.55. The van der Waals surface area contributed by atoms with Crippen molar-refractivity contribution in [1.29, 1.82) is 0 Å². The standard InChI is InChI=1S/C29H30N4OS/c1-4-34-24-15-13-23(14-16-24)33-28(27(31-29(33)35)26-12-8-9-17-30-26)25-18-20(2)32(21(25)3)19-22-10-6-5-7-11-22/h5-18,27-28H,4,19H2,1-3H3,(H,31,35)/t27-,28+/m0/s1. The Balaban J connectivity index is 1.59. The van der Waals surface area contributed by atoms with Gasteiger partial charge in [-0.15, -0.1) is 0 Å². The normalized spacial score (nSPS) is 17.5. The second-order valence-electron chi connectivity index (χ2n) is 8.82. The quantitative estimate of drug-likeness (QED) is 0.321. The van der Waals surface area contributed by atoms with Crippen LogP contribution in [0.5, 0.6) is 5.75 Å². The molecule has 5 rings (SSSR count). The molecule has 2 atom stereocenters. The first kappa shape index (κ1) is 23.1. The summed E-state index contributed by atoms with van der Waals surface area (Å²) in [4.78, 5) is 6.91. The van der Waals surface area contributed by atoms with E-state index >= 15 is 0 Å². The van der Waals surface area contributed by atoms with E-state index in [0.29, 0.717) is 11.7 Å². The van der Waals surface area contributed by atoms with Crippen molar-refractivity contribution in [2.45, 2.75) is 39.4 Å². The maximum absolute atomic E-state index is 5.90. The number of aryl methyl sites for hydroxylation is 1. The minimum Gasteiger partial charge on any atom is -0.494 e. The van der Waals surface area contributed by atoms with Crippen molar-refractivity contribution < 1.29 is 4.74 Å². The van der Waals surface area contributed by atoms with Gasteiger partial charge in [0, 0.05) is 29.8 Å². The fraction of sp³-hybridized carbons (Fsp3) is 0.241. The molecule has 5 nitrogen and oxygen atoms in total.